The maximum Gasteiger partial charge on any atom is -0.00664 e. The Morgan fingerprint density at radius 1 is 0.588 bits per heavy atom. The van der Waals surface area contributed by atoms with Gasteiger partial charge >= 0.3 is 0 Å². The van der Waals surface area contributed by atoms with E-state index in [0.29, 0.717) is 17.8 Å². The van der Waals surface area contributed by atoms with Gasteiger partial charge in [-0.2, -0.15) is 0 Å². The van der Waals surface area contributed by atoms with Crippen molar-refractivity contribution in [1.82, 2.24) is 0 Å². The van der Waals surface area contributed by atoms with Crippen molar-refractivity contribution in [1.29, 1.82) is 0 Å². The third-order valence-electron chi connectivity index (χ3n) is 7.92. The van der Waals surface area contributed by atoms with Crippen LogP contribution in [0.3, 0.4) is 0 Å². The van der Waals surface area contributed by atoms with Crippen molar-refractivity contribution in [2.45, 2.75) is 127 Å². The van der Waals surface area contributed by atoms with Crippen LogP contribution in [0.5, 0.6) is 0 Å². The largest absolute Gasteiger partial charge is 0.0743 e. The summed E-state index contributed by atoms with van der Waals surface area (Å²) in [5.74, 6) is 1.58. The van der Waals surface area contributed by atoms with E-state index in [1.54, 1.807) is 33.1 Å². The second kappa shape index (κ2) is 12.7. The first-order valence-corrected chi connectivity index (χ1v) is 15.7. The Kier molecular flexibility index (Phi) is 10.9. The molecular weight excluding hydrogens is 427 g/mol. The van der Waals surface area contributed by atoms with Crippen LogP contribution in [0.25, 0.3) is 11.1 Å². The maximum atomic E-state index is 2.55. The lowest BCUT2D eigenvalue weighted by atomic mass is 9.79. The summed E-state index contributed by atoms with van der Waals surface area (Å²) in [5, 5.41) is 1.73. The SMILES string of the molecule is CCCCP(CCCC)c1c(C)c(C)c(C)c(C)c1-c1c(C(C)C)cc(C(C)C)cc1C(C)C. The molecule has 0 aliphatic carbocycles. The molecule has 2 rings (SSSR count). The fraction of sp³-hybridized carbons (Fsp3) is 0.636. The van der Waals surface area contributed by atoms with E-state index in [1.165, 1.54) is 60.3 Å². The average molecular weight is 481 g/mol. The molecule has 2 aromatic rings. The predicted octanol–water partition coefficient (Wildman–Crippen LogP) is 10.7. The molecule has 0 aromatic heterocycles. The molecule has 0 atom stereocenters. The molecule has 0 heterocycles. The van der Waals surface area contributed by atoms with E-state index < -0.39 is 0 Å². The molecule has 1 heteroatoms. The van der Waals surface area contributed by atoms with Crippen molar-refractivity contribution >= 4 is 13.2 Å². The first-order valence-electron chi connectivity index (χ1n) is 14.0. The Labute approximate surface area is 214 Å². The third-order valence-corrected chi connectivity index (χ3v) is 10.8. The van der Waals surface area contributed by atoms with E-state index in [4.69, 9.17) is 0 Å². The van der Waals surface area contributed by atoms with Crippen molar-refractivity contribution in [2.75, 3.05) is 12.3 Å². The zero-order valence-electron chi connectivity index (χ0n) is 24.6. The van der Waals surface area contributed by atoms with E-state index >= 15 is 0 Å². The van der Waals surface area contributed by atoms with Crippen LogP contribution in [0.2, 0.25) is 0 Å². The van der Waals surface area contributed by atoms with Gasteiger partial charge in [0.25, 0.3) is 0 Å². The number of hydrogen-bond acceptors (Lipinski definition) is 0. The van der Waals surface area contributed by atoms with Crippen LogP contribution in [0, 0.1) is 27.7 Å². The van der Waals surface area contributed by atoms with Crippen molar-refractivity contribution in [3.63, 3.8) is 0 Å². The van der Waals surface area contributed by atoms with Crippen LogP contribution < -0.4 is 5.30 Å². The van der Waals surface area contributed by atoms with Gasteiger partial charge in [0.1, 0.15) is 0 Å². The molecule has 0 radical (unpaired) electrons. The number of benzene rings is 2. The maximum absolute atomic E-state index is 2.55. The van der Waals surface area contributed by atoms with Crippen molar-refractivity contribution in [2.24, 2.45) is 0 Å². The smallest absolute Gasteiger partial charge is 0.00664 e. The standard InChI is InChI=1S/C33H53P/c1-13-15-17-34(18-16-14-2)33-27(12)25(10)24(9)26(11)31(33)32-29(22(5)6)19-28(21(3)4)20-30(32)23(7)8/h19-23H,13-18H2,1-12H3. The highest BCUT2D eigenvalue weighted by atomic mass is 31.1. The van der Waals surface area contributed by atoms with Gasteiger partial charge in [-0.25, -0.2) is 0 Å². The van der Waals surface area contributed by atoms with Crippen LogP contribution in [-0.4, -0.2) is 12.3 Å². The van der Waals surface area contributed by atoms with E-state index in [2.05, 4.69) is 95.2 Å². The van der Waals surface area contributed by atoms with Gasteiger partial charge in [0.05, 0.1) is 0 Å². The lowest BCUT2D eigenvalue weighted by Gasteiger charge is -2.31. The highest BCUT2D eigenvalue weighted by molar-refractivity contribution is 7.66. The highest BCUT2D eigenvalue weighted by Gasteiger charge is 2.27. The van der Waals surface area contributed by atoms with Gasteiger partial charge in [0.2, 0.25) is 0 Å². The minimum Gasteiger partial charge on any atom is -0.0743 e. The molecule has 34 heavy (non-hydrogen) atoms. The Balaban J connectivity index is 3.06. The predicted molar refractivity (Wildman–Crippen MR) is 159 cm³/mol. The second-order valence-electron chi connectivity index (χ2n) is 11.5. The molecule has 0 saturated heterocycles. The molecule has 190 valence electrons. The lowest BCUT2D eigenvalue weighted by molar-refractivity contribution is 0.807. The summed E-state index contributed by atoms with van der Waals surface area (Å²) in [6.07, 6.45) is 8.03. The normalized spacial score (nSPS) is 12.1. The molecule has 0 N–H and O–H groups in total. The molecule has 0 nitrogen and oxygen atoms in total. The van der Waals surface area contributed by atoms with E-state index in [9.17, 15) is 0 Å². The molecule has 0 bridgehead atoms. The van der Waals surface area contributed by atoms with E-state index in [-0.39, 0.29) is 7.92 Å². The van der Waals surface area contributed by atoms with Crippen LogP contribution in [-0.2, 0) is 0 Å². The fourth-order valence-corrected chi connectivity index (χ4v) is 8.58. The van der Waals surface area contributed by atoms with Crippen LogP contribution in [0.4, 0.5) is 0 Å². The number of rotatable bonds is 11. The number of unbranched alkanes of at least 4 members (excludes halogenated alkanes) is 2. The van der Waals surface area contributed by atoms with Crippen molar-refractivity contribution in [3.8, 4) is 11.1 Å². The van der Waals surface area contributed by atoms with Gasteiger partial charge in [0, 0.05) is 0 Å². The summed E-state index contributed by atoms with van der Waals surface area (Å²) in [6.45, 7) is 28.5. The van der Waals surface area contributed by atoms with Gasteiger partial charge in [-0.3, -0.25) is 0 Å². The monoisotopic (exact) mass is 480 g/mol. The van der Waals surface area contributed by atoms with Gasteiger partial charge in [-0.1, -0.05) is 88.3 Å². The van der Waals surface area contributed by atoms with E-state index in [1.807, 2.05) is 0 Å². The molecule has 0 aliphatic rings. The highest BCUT2D eigenvalue weighted by Crippen LogP contribution is 2.48. The summed E-state index contributed by atoms with van der Waals surface area (Å²) in [4.78, 5) is 0. The average Bonchev–Trinajstić information content (AvgIpc) is 2.79. The lowest BCUT2D eigenvalue weighted by Crippen LogP contribution is -2.20. The van der Waals surface area contributed by atoms with Crippen LogP contribution in [0.1, 0.15) is 138 Å². The Bertz CT molecular complexity index is 924. The molecule has 0 amide bonds. The van der Waals surface area contributed by atoms with Gasteiger partial charge < -0.3 is 0 Å². The summed E-state index contributed by atoms with van der Waals surface area (Å²) < 4.78 is 0. The van der Waals surface area contributed by atoms with Crippen LogP contribution >= 0.6 is 7.92 Å². The molecule has 0 fully saturated rings. The Hall–Kier alpha value is -1.13. The summed E-state index contributed by atoms with van der Waals surface area (Å²) in [5.41, 5.74) is 13.9. The van der Waals surface area contributed by atoms with Crippen molar-refractivity contribution < 1.29 is 0 Å². The third kappa shape index (κ3) is 6.16. The van der Waals surface area contributed by atoms with Crippen LogP contribution in [0.15, 0.2) is 12.1 Å². The van der Waals surface area contributed by atoms with Gasteiger partial charge in [-0.05, 0) is 126 Å². The first kappa shape index (κ1) is 29.1. The van der Waals surface area contributed by atoms with Gasteiger partial charge in [0.15, 0.2) is 0 Å². The quantitative estimate of drug-likeness (QED) is 0.281. The molecule has 2 aromatic carbocycles. The summed E-state index contributed by atoms with van der Waals surface area (Å²) in [7, 11) is -0.161. The topological polar surface area (TPSA) is 0 Å². The van der Waals surface area contributed by atoms with Crippen molar-refractivity contribution in [3.05, 3.63) is 51.1 Å². The van der Waals surface area contributed by atoms with Gasteiger partial charge in [-0.15, -0.1) is 0 Å². The molecular formula is C33H53P. The summed E-state index contributed by atoms with van der Waals surface area (Å²) in [6, 6.07) is 5.09. The first-order chi connectivity index (χ1) is 16.0. The van der Waals surface area contributed by atoms with E-state index in [0.717, 1.165) is 0 Å². The molecule has 0 saturated carbocycles. The molecule has 0 unspecified atom stereocenters. The zero-order valence-corrected chi connectivity index (χ0v) is 25.5. The summed E-state index contributed by atoms with van der Waals surface area (Å²) >= 11 is 0. The second-order valence-corrected chi connectivity index (χ2v) is 13.9. The molecule has 0 aliphatic heterocycles. The number of hydrogen-bond donors (Lipinski definition) is 0. The minimum absolute atomic E-state index is 0.161. The molecule has 0 spiro atoms. The minimum atomic E-state index is -0.161. The zero-order chi connectivity index (χ0) is 25.7. The Morgan fingerprint density at radius 2 is 1.03 bits per heavy atom. The fourth-order valence-electron chi connectivity index (χ4n) is 5.27. The Morgan fingerprint density at radius 3 is 1.41 bits per heavy atom.